The van der Waals surface area contributed by atoms with Crippen LogP contribution >= 0.6 is 11.3 Å². The third-order valence-corrected chi connectivity index (χ3v) is 6.38. The number of amides is 1. The number of carbonyl (C=O) groups excluding carboxylic acids is 1. The minimum absolute atomic E-state index is 0.0194. The summed E-state index contributed by atoms with van der Waals surface area (Å²) in [4.78, 5) is 24.9. The standard InChI is InChI=1S/C23H27N5OS/c1-4-27(5-2)10-6-9-25-22(29)17-7-8-20-21(12-17)30-23-26-19(15-28(20)23)18-11-16(3)13-24-14-18/h7-8,11-15H,4-6,9-10H2,1-3H3,(H,25,29). The lowest BCUT2D eigenvalue weighted by Gasteiger charge is -2.17. The Kier molecular flexibility index (Phi) is 6.11. The van der Waals surface area contributed by atoms with Gasteiger partial charge in [-0.25, -0.2) is 4.98 Å². The second kappa shape index (κ2) is 8.93. The lowest BCUT2D eigenvalue weighted by molar-refractivity contribution is 0.0952. The van der Waals surface area contributed by atoms with Crippen LogP contribution in [0.3, 0.4) is 0 Å². The van der Waals surface area contributed by atoms with Crippen molar-refractivity contribution in [2.75, 3.05) is 26.2 Å². The van der Waals surface area contributed by atoms with Crippen molar-refractivity contribution in [1.82, 2.24) is 24.6 Å². The zero-order valence-electron chi connectivity index (χ0n) is 17.7. The Bertz CT molecular complexity index is 1170. The molecule has 1 N–H and O–H groups in total. The van der Waals surface area contributed by atoms with Crippen molar-refractivity contribution in [1.29, 1.82) is 0 Å². The molecule has 156 valence electrons. The van der Waals surface area contributed by atoms with Gasteiger partial charge >= 0.3 is 0 Å². The van der Waals surface area contributed by atoms with Gasteiger partial charge in [-0.2, -0.15) is 0 Å². The Balaban J connectivity index is 1.48. The number of hydrogen-bond acceptors (Lipinski definition) is 5. The minimum Gasteiger partial charge on any atom is -0.352 e. The van der Waals surface area contributed by atoms with Crippen LogP contribution in [0, 0.1) is 6.92 Å². The van der Waals surface area contributed by atoms with Gasteiger partial charge in [0.15, 0.2) is 4.96 Å². The van der Waals surface area contributed by atoms with E-state index in [1.54, 1.807) is 11.3 Å². The van der Waals surface area contributed by atoms with E-state index in [-0.39, 0.29) is 5.91 Å². The van der Waals surface area contributed by atoms with E-state index in [2.05, 4.69) is 39.5 Å². The van der Waals surface area contributed by atoms with Crippen LogP contribution in [0.1, 0.15) is 36.2 Å². The molecule has 0 aliphatic rings. The van der Waals surface area contributed by atoms with Gasteiger partial charge in [-0.3, -0.25) is 14.2 Å². The summed E-state index contributed by atoms with van der Waals surface area (Å²) >= 11 is 1.60. The van der Waals surface area contributed by atoms with Crippen LogP contribution in [0.5, 0.6) is 0 Å². The summed E-state index contributed by atoms with van der Waals surface area (Å²) < 4.78 is 3.14. The fourth-order valence-electron chi connectivity index (χ4n) is 3.62. The van der Waals surface area contributed by atoms with Gasteiger partial charge in [-0.05, 0) is 62.8 Å². The van der Waals surface area contributed by atoms with Crippen molar-refractivity contribution in [2.24, 2.45) is 0 Å². The molecule has 0 aliphatic carbocycles. The Morgan fingerprint density at radius 2 is 2.03 bits per heavy atom. The molecule has 1 amide bonds. The van der Waals surface area contributed by atoms with Gasteiger partial charge in [0.1, 0.15) is 0 Å². The molecule has 0 saturated carbocycles. The summed E-state index contributed by atoms with van der Waals surface area (Å²) in [5, 5.41) is 3.04. The number of thiazole rings is 1. The number of imidazole rings is 1. The van der Waals surface area contributed by atoms with Gasteiger partial charge < -0.3 is 10.2 Å². The number of carbonyl (C=O) groups is 1. The van der Waals surface area contributed by atoms with E-state index in [1.165, 1.54) is 0 Å². The van der Waals surface area contributed by atoms with Crippen molar-refractivity contribution >= 4 is 32.4 Å². The van der Waals surface area contributed by atoms with Crippen molar-refractivity contribution in [3.05, 3.63) is 54.0 Å². The average molecular weight is 422 g/mol. The highest BCUT2D eigenvalue weighted by Gasteiger charge is 2.13. The number of hydrogen-bond donors (Lipinski definition) is 1. The Morgan fingerprint density at radius 1 is 1.20 bits per heavy atom. The van der Waals surface area contributed by atoms with Crippen molar-refractivity contribution in [3.8, 4) is 11.3 Å². The topological polar surface area (TPSA) is 62.5 Å². The molecule has 0 unspecified atom stereocenters. The van der Waals surface area contributed by atoms with E-state index in [0.717, 1.165) is 58.1 Å². The monoisotopic (exact) mass is 421 g/mol. The smallest absolute Gasteiger partial charge is 0.251 e. The van der Waals surface area contributed by atoms with Crippen LogP contribution in [0.4, 0.5) is 0 Å². The SMILES string of the molecule is CCN(CC)CCCNC(=O)c1ccc2c(c1)sc1nc(-c3cncc(C)c3)cn12. The maximum absolute atomic E-state index is 12.5. The average Bonchev–Trinajstić information content (AvgIpc) is 3.31. The first kappa shape index (κ1) is 20.5. The molecule has 1 aromatic carbocycles. The highest BCUT2D eigenvalue weighted by Crippen LogP contribution is 2.30. The minimum atomic E-state index is -0.0194. The molecule has 0 spiro atoms. The molecule has 3 aromatic heterocycles. The molecule has 4 aromatic rings. The molecule has 6 nitrogen and oxygen atoms in total. The Labute approximate surface area is 180 Å². The molecular formula is C23H27N5OS. The van der Waals surface area contributed by atoms with Gasteiger partial charge in [0, 0.05) is 36.3 Å². The number of fused-ring (bicyclic) bond motifs is 3. The molecule has 0 fully saturated rings. The Morgan fingerprint density at radius 3 is 2.80 bits per heavy atom. The van der Waals surface area contributed by atoms with E-state index in [0.29, 0.717) is 12.1 Å². The summed E-state index contributed by atoms with van der Waals surface area (Å²) in [6, 6.07) is 7.94. The molecule has 3 heterocycles. The maximum atomic E-state index is 12.5. The van der Waals surface area contributed by atoms with Gasteiger partial charge in [0.25, 0.3) is 5.91 Å². The van der Waals surface area contributed by atoms with Crippen LogP contribution in [-0.4, -0.2) is 51.4 Å². The zero-order chi connectivity index (χ0) is 21.1. The number of rotatable bonds is 8. The molecule has 30 heavy (non-hydrogen) atoms. The van der Waals surface area contributed by atoms with Crippen molar-refractivity contribution in [3.63, 3.8) is 0 Å². The molecule has 0 saturated heterocycles. The summed E-state index contributed by atoms with van der Waals surface area (Å²) in [5.41, 5.74) is 4.79. The second-order valence-corrected chi connectivity index (χ2v) is 8.46. The fraction of sp³-hybridized carbons (Fsp3) is 0.348. The molecule has 0 radical (unpaired) electrons. The number of nitrogens with zero attached hydrogens (tertiary/aromatic N) is 4. The molecule has 7 heteroatoms. The quantitative estimate of drug-likeness (QED) is 0.429. The van der Waals surface area contributed by atoms with Crippen LogP contribution < -0.4 is 5.32 Å². The number of pyridine rings is 1. The lowest BCUT2D eigenvalue weighted by Crippen LogP contribution is -2.29. The van der Waals surface area contributed by atoms with Gasteiger partial charge in [-0.15, -0.1) is 0 Å². The summed E-state index contributed by atoms with van der Waals surface area (Å²) in [7, 11) is 0. The molecular weight excluding hydrogens is 394 g/mol. The van der Waals surface area contributed by atoms with Gasteiger partial charge in [0.2, 0.25) is 0 Å². The van der Waals surface area contributed by atoms with E-state index >= 15 is 0 Å². The third kappa shape index (κ3) is 4.22. The first-order valence-electron chi connectivity index (χ1n) is 10.4. The summed E-state index contributed by atoms with van der Waals surface area (Å²) in [6.45, 7) is 10.1. The van der Waals surface area contributed by atoms with E-state index in [4.69, 9.17) is 4.98 Å². The fourth-order valence-corrected chi connectivity index (χ4v) is 4.67. The number of aryl methyl sites for hydroxylation is 1. The first-order valence-corrected chi connectivity index (χ1v) is 11.2. The van der Waals surface area contributed by atoms with Crippen LogP contribution in [0.15, 0.2) is 42.9 Å². The van der Waals surface area contributed by atoms with Gasteiger partial charge in [-0.1, -0.05) is 25.2 Å². The van der Waals surface area contributed by atoms with Crippen molar-refractivity contribution in [2.45, 2.75) is 27.2 Å². The predicted molar refractivity (Wildman–Crippen MR) is 123 cm³/mol. The third-order valence-electron chi connectivity index (χ3n) is 5.36. The zero-order valence-corrected chi connectivity index (χ0v) is 18.5. The molecule has 0 bridgehead atoms. The van der Waals surface area contributed by atoms with E-state index in [1.807, 2.05) is 43.7 Å². The summed E-state index contributed by atoms with van der Waals surface area (Å²) in [5.74, 6) is -0.0194. The van der Waals surface area contributed by atoms with Crippen LogP contribution in [0.2, 0.25) is 0 Å². The number of aromatic nitrogens is 3. The lowest BCUT2D eigenvalue weighted by atomic mass is 10.2. The molecule has 4 rings (SSSR count). The Hall–Kier alpha value is -2.77. The second-order valence-electron chi connectivity index (χ2n) is 7.45. The number of nitrogens with one attached hydrogen (secondary N) is 1. The highest BCUT2D eigenvalue weighted by atomic mass is 32.1. The van der Waals surface area contributed by atoms with Gasteiger partial charge in [0.05, 0.1) is 15.9 Å². The first-order chi connectivity index (χ1) is 14.6. The van der Waals surface area contributed by atoms with Crippen LogP contribution in [0.25, 0.3) is 26.4 Å². The number of benzene rings is 1. The predicted octanol–water partition coefficient (Wildman–Crippen LogP) is 4.38. The molecule has 0 aliphatic heterocycles. The largest absolute Gasteiger partial charge is 0.352 e. The van der Waals surface area contributed by atoms with Crippen molar-refractivity contribution < 1.29 is 4.79 Å². The summed E-state index contributed by atoms with van der Waals surface area (Å²) in [6.07, 6.45) is 6.68. The van der Waals surface area contributed by atoms with E-state index < -0.39 is 0 Å². The molecule has 0 atom stereocenters. The maximum Gasteiger partial charge on any atom is 0.251 e. The van der Waals surface area contributed by atoms with Crippen LogP contribution in [-0.2, 0) is 0 Å². The van der Waals surface area contributed by atoms with E-state index in [9.17, 15) is 4.79 Å². The highest BCUT2D eigenvalue weighted by molar-refractivity contribution is 7.23. The normalized spacial score (nSPS) is 11.6.